The fourth-order valence-electron chi connectivity index (χ4n) is 2.18. The molecule has 0 bridgehead atoms. The van der Waals surface area contributed by atoms with E-state index in [0.29, 0.717) is 0 Å². The highest BCUT2D eigenvalue weighted by molar-refractivity contribution is 5.87. The highest BCUT2D eigenvalue weighted by Crippen LogP contribution is 2.32. The van der Waals surface area contributed by atoms with E-state index < -0.39 is 5.97 Å². The summed E-state index contributed by atoms with van der Waals surface area (Å²) in [6.07, 6.45) is 6.10. The highest BCUT2D eigenvalue weighted by Gasteiger charge is 2.27. The van der Waals surface area contributed by atoms with Crippen LogP contribution in [-0.4, -0.2) is 20.9 Å². The fraction of sp³-hybridized carbons (Fsp3) is 0.286. The molecule has 0 aromatic carbocycles. The van der Waals surface area contributed by atoms with E-state index in [4.69, 9.17) is 4.74 Å². The predicted octanol–water partition coefficient (Wildman–Crippen LogP) is 2.02. The first-order valence-corrected chi connectivity index (χ1v) is 6.17. The zero-order valence-corrected chi connectivity index (χ0v) is 10.5. The van der Waals surface area contributed by atoms with Crippen LogP contribution in [0.25, 0.3) is 0 Å². The maximum absolute atomic E-state index is 12.0. The van der Waals surface area contributed by atoms with Crippen molar-refractivity contribution in [3.05, 3.63) is 53.4 Å². The lowest BCUT2D eigenvalue weighted by atomic mass is 10.2. The second kappa shape index (κ2) is 4.76. The quantitative estimate of drug-likeness (QED) is 0.768. The molecule has 1 aliphatic rings. The number of hydrogen-bond donors (Lipinski definition) is 0. The summed E-state index contributed by atoms with van der Waals surface area (Å²) in [5, 5.41) is 0. The first-order valence-electron chi connectivity index (χ1n) is 6.17. The number of hydrogen-bond acceptors (Lipinski definition) is 5. The summed E-state index contributed by atoms with van der Waals surface area (Å²) in [6, 6.07) is 3.91. The Kier molecular flexibility index (Phi) is 2.95. The third kappa shape index (κ3) is 2.31. The molecule has 0 fully saturated rings. The summed E-state index contributed by atoms with van der Waals surface area (Å²) >= 11 is 0. The third-order valence-electron chi connectivity index (χ3n) is 3.15. The first-order chi connectivity index (χ1) is 9.24. The van der Waals surface area contributed by atoms with Gasteiger partial charge in [0.1, 0.15) is 6.10 Å². The molecule has 0 aliphatic heterocycles. The molecule has 2 aromatic rings. The van der Waals surface area contributed by atoms with Crippen molar-refractivity contribution < 1.29 is 9.53 Å². The number of nitrogens with zero attached hydrogens (tertiary/aromatic N) is 3. The van der Waals surface area contributed by atoms with Crippen molar-refractivity contribution in [2.45, 2.75) is 25.9 Å². The van der Waals surface area contributed by atoms with Gasteiger partial charge in [0.15, 0.2) is 5.69 Å². The minimum absolute atomic E-state index is 0.231. The van der Waals surface area contributed by atoms with Gasteiger partial charge in [0.05, 0.1) is 17.6 Å². The van der Waals surface area contributed by atoms with Gasteiger partial charge in [0.25, 0.3) is 0 Å². The number of esters is 1. The van der Waals surface area contributed by atoms with Crippen LogP contribution in [-0.2, 0) is 11.2 Å². The molecule has 0 radical (unpaired) electrons. The minimum Gasteiger partial charge on any atom is -0.451 e. The van der Waals surface area contributed by atoms with E-state index >= 15 is 0 Å². The van der Waals surface area contributed by atoms with Crippen LogP contribution in [0, 0.1) is 6.92 Å². The predicted molar refractivity (Wildman–Crippen MR) is 67.5 cm³/mol. The summed E-state index contributed by atoms with van der Waals surface area (Å²) in [5.41, 5.74) is 3.01. The Bertz CT molecular complexity index is 610. The second-order valence-electron chi connectivity index (χ2n) is 4.52. The summed E-state index contributed by atoms with van der Waals surface area (Å²) in [7, 11) is 0. The van der Waals surface area contributed by atoms with Crippen LogP contribution in [0.15, 0.2) is 30.7 Å². The number of carbonyl (C=O) groups excluding carboxylic acids is 1. The topological polar surface area (TPSA) is 65.0 Å². The monoisotopic (exact) mass is 255 g/mol. The van der Waals surface area contributed by atoms with E-state index in [1.54, 1.807) is 12.4 Å². The molecule has 5 nitrogen and oxygen atoms in total. The van der Waals surface area contributed by atoms with Crippen molar-refractivity contribution in [3.63, 3.8) is 0 Å². The third-order valence-corrected chi connectivity index (χ3v) is 3.15. The van der Waals surface area contributed by atoms with Gasteiger partial charge < -0.3 is 4.74 Å². The first kappa shape index (κ1) is 11.8. The summed E-state index contributed by atoms with van der Waals surface area (Å²) in [4.78, 5) is 24.3. The van der Waals surface area contributed by atoms with E-state index in [1.807, 2.05) is 19.1 Å². The summed E-state index contributed by atoms with van der Waals surface area (Å²) in [6.45, 7) is 1.82. The molecule has 3 rings (SSSR count). The van der Waals surface area contributed by atoms with Gasteiger partial charge >= 0.3 is 5.97 Å². The zero-order chi connectivity index (χ0) is 13.2. The van der Waals surface area contributed by atoms with Crippen LogP contribution in [0.5, 0.6) is 0 Å². The van der Waals surface area contributed by atoms with Crippen molar-refractivity contribution >= 4 is 5.97 Å². The Labute approximate surface area is 110 Å². The Morgan fingerprint density at radius 3 is 3.00 bits per heavy atom. The molecule has 1 atom stereocenters. The number of fused-ring (bicyclic) bond motifs is 1. The molecule has 96 valence electrons. The van der Waals surface area contributed by atoms with Gasteiger partial charge in [0.2, 0.25) is 0 Å². The van der Waals surface area contributed by atoms with Gasteiger partial charge in [-0.2, -0.15) is 0 Å². The number of carbonyl (C=O) groups is 1. The second-order valence-corrected chi connectivity index (χ2v) is 4.52. The lowest BCUT2D eigenvalue weighted by Crippen LogP contribution is -2.12. The van der Waals surface area contributed by atoms with Gasteiger partial charge in [-0.05, 0) is 31.4 Å². The van der Waals surface area contributed by atoms with Gasteiger partial charge in [-0.3, -0.25) is 9.97 Å². The molecule has 0 spiro atoms. The molecular formula is C14H13N3O2. The normalized spacial score (nSPS) is 17.0. The van der Waals surface area contributed by atoms with Crippen LogP contribution >= 0.6 is 0 Å². The largest absolute Gasteiger partial charge is 0.451 e. The standard InChI is InChI=1S/C14H13N3O2/c1-9-7-17-11(8-16-9)14(18)19-12-5-4-10-3-2-6-15-13(10)12/h2-3,6-8,12H,4-5H2,1H3/t12-/m0/s1. The van der Waals surface area contributed by atoms with Crippen molar-refractivity contribution in [2.75, 3.05) is 0 Å². The number of pyridine rings is 1. The van der Waals surface area contributed by atoms with Crippen LogP contribution in [0.1, 0.15) is 40.0 Å². The molecule has 2 aromatic heterocycles. The fourth-order valence-corrected chi connectivity index (χ4v) is 2.18. The van der Waals surface area contributed by atoms with Gasteiger partial charge in [-0.25, -0.2) is 9.78 Å². The Hall–Kier alpha value is -2.30. The van der Waals surface area contributed by atoms with Crippen LogP contribution in [0.2, 0.25) is 0 Å². The number of aromatic nitrogens is 3. The molecule has 0 unspecified atom stereocenters. The molecule has 5 heteroatoms. The van der Waals surface area contributed by atoms with E-state index in [-0.39, 0.29) is 11.8 Å². The lowest BCUT2D eigenvalue weighted by molar-refractivity contribution is 0.0285. The maximum Gasteiger partial charge on any atom is 0.359 e. The van der Waals surface area contributed by atoms with Gasteiger partial charge in [-0.1, -0.05) is 6.07 Å². The maximum atomic E-state index is 12.0. The molecule has 2 heterocycles. The zero-order valence-electron chi connectivity index (χ0n) is 10.5. The van der Waals surface area contributed by atoms with E-state index in [1.165, 1.54) is 6.20 Å². The van der Waals surface area contributed by atoms with Crippen molar-refractivity contribution in [3.8, 4) is 0 Å². The molecular weight excluding hydrogens is 242 g/mol. The van der Waals surface area contributed by atoms with E-state index in [2.05, 4.69) is 15.0 Å². The van der Waals surface area contributed by atoms with Crippen LogP contribution in [0.4, 0.5) is 0 Å². The number of rotatable bonds is 2. The SMILES string of the molecule is Cc1cnc(C(=O)O[C@H]2CCc3cccnc32)cn1. The molecule has 19 heavy (non-hydrogen) atoms. The molecule has 0 saturated carbocycles. The number of aryl methyl sites for hydroxylation is 2. The Morgan fingerprint density at radius 1 is 1.32 bits per heavy atom. The highest BCUT2D eigenvalue weighted by atomic mass is 16.5. The average molecular weight is 255 g/mol. The molecule has 0 saturated heterocycles. The smallest absolute Gasteiger partial charge is 0.359 e. The van der Waals surface area contributed by atoms with Gasteiger partial charge in [0, 0.05) is 12.4 Å². The molecule has 1 aliphatic carbocycles. The average Bonchev–Trinajstić information content (AvgIpc) is 2.83. The number of ether oxygens (including phenoxy) is 1. The Balaban J connectivity index is 1.76. The van der Waals surface area contributed by atoms with Gasteiger partial charge in [-0.15, -0.1) is 0 Å². The van der Waals surface area contributed by atoms with Crippen LogP contribution < -0.4 is 0 Å². The van der Waals surface area contributed by atoms with Crippen LogP contribution in [0.3, 0.4) is 0 Å². The molecule has 0 amide bonds. The lowest BCUT2D eigenvalue weighted by Gasteiger charge is -2.11. The van der Waals surface area contributed by atoms with E-state index in [9.17, 15) is 4.79 Å². The van der Waals surface area contributed by atoms with E-state index in [0.717, 1.165) is 29.8 Å². The van der Waals surface area contributed by atoms with Crippen molar-refractivity contribution in [2.24, 2.45) is 0 Å². The molecule has 0 N–H and O–H groups in total. The van der Waals surface area contributed by atoms with Crippen molar-refractivity contribution in [1.82, 2.24) is 15.0 Å². The summed E-state index contributed by atoms with van der Waals surface area (Å²) in [5.74, 6) is -0.448. The van der Waals surface area contributed by atoms with Crippen molar-refractivity contribution in [1.29, 1.82) is 0 Å². The minimum atomic E-state index is -0.448. The Morgan fingerprint density at radius 2 is 2.21 bits per heavy atom. The summed E-state index contributed by atoms with van der Waals surface area (Å²) < 4.78 is 5.46.